The second-order valence-electron chi connectivity index (χ2n) is 5.01. The van der Waals surface area contributed by atoms with Gasteiger partial charge in [0.2, 0.25) is 12.5 Å². The van der Waals surface area contributed by atoms with E-state index in [0.29, 0.717) is 35.7 Å². The first-order valence-electron chi connectivity index (χ1n) is 6.79. The van der Waals surface area contributed by atoms with Gasteiger partial charge in [-0.15, -0.1) is 0 Å². The number of phenolic OH excluding ortho intramolecular Hbond substituents is 3. The van der Waals surface area contributed by atoms with Gasteiger partial charge in [-0.1, -0.05) is 0 Å². The van der Waals surface area contributed by atoms with E-state index < -0.39 is 5.75 Å². The van der Waals surface area contributed by atoms with Crippen molar-refractivity contribution in [1.82, 2.24) is 0 Å². The van der Waals surface area contributed by atoms with Crippen molar-refractivity contribution in [3.63, 3.8) is 0 Å². The monoisotopic (exact) mass is 304 g/mol. The Balaban J connectivity index is 1.80. The number of phenols is 3. The van der Waals surface area contributed by atoms with E-state index in [1.807, 2.05) is 12.1 Å². The van der Waals surface area contributed by atoms with E-state index in [9.17, 15) is 15.3 Å². The fraction of sp³-hybridized carbons (Fsp3) is 0.250. The SMILES string of the molecule is COc1cc(CCc2cc(O)c(O)c(O)c2)cc2c1OCO2. The van der Waals surface area contributed by atoms with E-state index in [2.05, 4.69) is 0 Å². The zero-order valence-electron chi connectivity index (χ0n) is 12.0. The van der Waals surface area contributed by atoms with Crippen molar-refractivity contribution in [1.29, 1.82) is 0 Å². The Labute approximate surface area is 127 Å². The third-order valence-corrected chi connectivity index (χ3v) is 3.55. The van der Waals surface area contributed by atoms with Crippen molar-refractivity contribution in [2.45, 2.75) is 12.8 Å². The summed E-state index contributed by atoms with van der Waals surface area (Å²) in [4.78, 5) is 0. The second-order valence-corrected chi connectivity index (χ2v) is 5.01. The molecule has 116 valence electrons. The summed E-state index contributed by atoms with van der Waals surface area (Å²) in [6, 6.07) is 6.61. The van der Waals surface area contributed by atoms with Crippen LogP contribution in [0.25, 0.3) is 0 Å². The minimum atomic E-state index is -0.506. The highest BCUT2D eigenvalue weighted by Gasteiger charge is 2.20. The Kier molecular flexibility index (Phi) is 3.58. The maximum absolute atomic E-state index is 9.52. The van der Waals surface area contributed by atoms with Gasteiger partial charge in [-0.2, -0.15) is 0 Å². The van der Waals surface area contributed by atoms with Gasteiger partial charge in [-0.05, 0) is 48.2 Å². The largest absolute Gasteiger partial charge is 0.504 e. The Morgan fingerprint density at radius 3 is 2.23 bits per heavy atom. The van der Waals surface area contributed by atoms with Crippen LogP contribution in [0.4, 0.5) is 0 Å². The molecular weight excluding hydrogens is 288 g/mol. The second kappa shape index (κ2) is 5.55. The average molecular weight is 304 g/mol. The van der Waals surface area contributed by atoms with Gasteiger partial charge in [0, 0.05) is 0 Å². The van der Waals surface area contributed by atoms with E-state index in [1.165, 1.54) is 12.1 Å². The normalized spacial score (nSPS) is 12.4. The van der Waals surface area contributed by atoms with Crippen molar-refractivity contribution in [2.24, 2.45) is 0 Å². The zero-order chi connectivity index (χ0) is 15.7. The molecule has 0 fully saturated rings. The molecule has 0 bridgehead atoms. The van der Waals surface area contributed by atoms with Crippen LogP contribution in [0.5, 0.6) is 34.5 Å². The molecule has 0 amide bonds. The van der Waals surface area contributed by atoms with Crippen LogP contribution in [-0.4, -0.2) is 29.2 Å². The van der Waals surface area contributed by atoms with Crippen molar-refractivity contribution in [3.8, 4) is 34.5 Å². The lowest BCUT2D eigenvalue weighted by molar-refractivity contribution is 0.171. The van der Waals surface area contributed by atoms with Crippen LogP contribution in [0, 0.1) is 0 Å². The van der Waals surface area contributed by atoms with Gasteiger partial charge >= 0.3 is 0 Å². The molecule has 1 heterocycles. The summed E-state index contributed by atoms with van der Waals surface area (Å²) in [7, 11) is 1.57. The fourth-order valence-corrected chi connectivity index (χ4v) is 2.42. The number of hydrogen-bond donors (Lipinski definition) is 3. The topological polar surface area (TPSA) is 88.4 Å². The van der Waals surface area contributed by atoms with Gasteiger partial charge < -0.3 is 29.5 Å². The van der Waals surface area contributed by atoms with Gasteiger partial charge in [0.25, 0.3) is 0 Å². The molecule has 2 aromatic carbocycles. The highest BCUT2D eigenvalue weighted by molar-refractivity contribution is 5.55. The maximum atomic E-state index is 9.52. The Hall–Kier alpha value is -2.76. The molecule has 6 nitrogen and oxygen atoms in total. The zero-order valence-corrected chi connectivity index (χ0v) is 12.0. The average Bonchev–Trinajstić information content (AvgIpc) is 2.98. The van der Waals surface area contributed by atoms with Crippen molar-refractivity contribution in [3.05, 3.63) is 35.4 Å². The van der Waals surface area contributed by atoms with Crippen LogP contribution in [0.1, 0.15) is 11.1 Å². The summed E-state index contributed by atoms with van der Waals surface area (Å²) >= 11 is 0. The number of benzene rings is 2. The first kappa shape index (κ1) is 14.2. The number of ether oxygens (including phenoxy) is 3. The number of rotatable bonds is 4. The van der Waals surface area contributed by atoms with Gasteiger partial charge in [0.15, 0.2) is 28.7 Å². The molecule has 2 aromatic rings. The van der Waals surface area contributed by atoms with E-state index >= 15 is 0 Å². The molecule has 1 aliphatic rings. The number of hydrogen-bond acceptors (Lipinski definition) is 6. The lowest BCUT2D eigenvalue weighted by Crippen LogP contribution is -1.94. The Bertz CT molecular complexity index is 687. The fourth-order valence-electron chi connectivity index (χ4n) is 2.42. The minimum Gasteiger partial charge on any atom is -0.504 e. The summed E-state index contributed by atoms with van der Waals surface area (Å²) in [6.07, 6.45) is 1.22. The molecule has 0 unspecified atom stereocenters. The molecule has 0 aromatic heterocycles. The summed E-state index contributed by atoms with van der Waals surface area (Å²) in [5, 5.41) is 28.4. The van der Waals surface area contributed by atoms with Gasteiger partial charge in [0.05, 0.1) is 7.11 Å². The van der Waals surface area contributed by atoms with Crippen LogP contribution in [-0.2, 0) is 12.8 Å². The number of fused-ring (bicyclic) bond motifs is 1. The molecule has 3 N–H and O–H groups in total. The van der Waals surface area contributed by atoms with E-state index in [0.717, 1.165) is 5.56 Å². The molecular formula is C16H16O6. The summed E-state index contributed by atoms with van der Waals surface area (Å²) < 4.78 is 16.0. The molecule has 0 aliphatic carbocycles. The van der Waals surface area contributed by atoms with E-state index in [4.69, 9.17) is 14.2 Å². The predicted molar refractivity (Wildman–Crippen MR) is 78.0 cm³/mol. The van der Waals surface area contributed by atoms with E-state index in [1.54, 1.807) is 7.11 Å². The van der Waals surface area contributed by atoms with Crippen molar-refractivity contribution in [2.75, 3.05) is 13.9 Å². The molecule has 0 radical (unpaired) electrons. The Morgan fingerprint density at radius 1 is 0.955 bits per heavy atom. The highest BCUT2D eigenvalue weighted by Crippen LogP contribution is 2.42. The van der Waals surface area contributed by atoms with Crippen LogP contribution in [0.2, 0.25) is 0 Å². The predicted octanol–water partition coefficient (Wildman–Crippen LogP) is 2.33. The van der Waals surface area contributed by atoms with Crippen LogP contribution in [0.15, 0.2) is 24.3 Å². The highest BCUT2D eigenvalue weighted by atomic mass is 16.7. The molecule has 1 aliphatic heterocycles. The molecule has 22 heavy (non-hydrogen) atoms. The van der Waals surface area contributed by atoms with Crippen LogP contribution < -0.4 is 14.2 Å². The quantitative estimate of drug-likeness (QED) is 0.751. The standard InChI is InChI=1S/C16H16O6/c1-20-13-6-10(7-14-16(13)22-8-21-14)3-2-9-4-11(17)15(19)12(18)5-9/h4-7,17-19H,2-3,8H2,1H3. The molecule has 0 saturated heterocycles. The first-order chi connectivity index (χ1) is 10.6. The smallest absolute Gasteiger partial charge is 0.231 e. The van der Waals surface area contributed by atoms with E-state index in [-0.39, 0.29) is 18.3 Å². The maximum Gasteiger partial charge on any atom is 0.231 e. The van der Waals surface area contributed by atoms with Crippen LogP contribution in [0.3, 0.4) is 0 Å². The number of methoxy groups -OCH3 is 1. The summed E-state index contributed by atoms with van der Waals surface area (Å²) in [5.41, 5.74) is 1.69. The Morgan fingerprint density at radius 2 is 1.59 bits per heavy atom. The molecule has 0 saturated carbocycles. The van der Waals surface area contributed by atoms with Gasteiger partial charge in [0.1, 0.15) is 0 Å². The van der Waals surface area contributed by atoms with Crippen molar-refractivity contribution < 1.29 is 29.5 Å². The van der Waals surface area contributed by atoms with Crippen molar-refractivity contribution >= 4 is 0 Å². The third kappa shape index (κ3) is 2.55. The van der Waals surface area contributed by atoms with Gasteiger partial charge in [-0.3, -0.25) is 0 Å². The summed E-state index contributed by atoms with van der Waals surface area (Å²) in [6.45, 7) is 0.175. The number of aryl methyl sites for hydroxylation is 2. The van der Waals surface area contributed by atoms with Gasteiger partial charge in [-0.25, -0.2) is 0 Å². The molecule has 3 rings (SSSR count). The number of aromatic hydroxyl groups is 3. The third-order valence-electron chi connectivity index (χ3n) is 3.55. The molecule has 0 atom stereocenters. The molecule has 6 heteroatoms. The first-order valence-corrected chi connectivity index (χ1v) is 6.79. The lowest BCUT2D eigenvalue weighted by atomic mass is 10.0. The summed E-state index contributed by atoms with van der Waals surface area (Å²) in [5.74, 6) is 0.684. The minimum absolute atomic E-state index is 0.175. The lowest BCUT2D eigenvalue weighted by Gasteiger charge is -2.09. The molecule has 0 spiro atoms. The van der Waals surface area contributed by atoms with Crippen LogP contribution >= 0.6 is 0 Å².